The Bertz CT molecular complexity index is 606. The van der Waals surface area contributed by atoms with Gasteiger partial charge in [0.1, 0.15) is 5.82 Å². The van der Waals surface area contributed by atoms with E-state index in [1.807, 2.05) is 0 Å². The molecule has 0 atom stereocenters. The molecular weight excluding hydrogens is 266 g/mol. The van der Waals surface area contributed by atoms with Crippen LogP contribution in [-0.4, -0.2) is 15.0 Å². The first-order valence-corrected chi connectivity index (χ1v) is 4.92. The van der Waals surface area contributed by atoms with Crippen LogP contribution in [0.4, 0.5) is 29.5 Å². The number of rotatable bonds is 1. The van der Waals surface area contributed by atoms with E-state index in [-0.39, 0.29) is 17.7 Å². The van der Waals surface area contributed by atoms with E-state index in [2.05, 4.69) is 15.0 Å². The zero-order chi connectivity index (χ0) is 14.2. The second-order valence-electron chi connectivity index (χ2n) is 3.54. The zero-order valence-corrected chi connectivity index (χ0v) is 9.24. The number of nitrogens with zero attached hydrogens (tertiary/aromatic N) is 3. The average Bonchev–Trinajstić information content (AvgIpc) is 2.26. The highest BCUT2D eigenvalue weighted by atomic mass is 19.4. The van der Waals surface area contributed by atoms with Crippen molar-refractivity contribution in [2.45, 2.75) is 6.18 Å². The van der Waals surface area contributed by atoms with Crippen molar-refractivity contribution in [2.75, 3.05) is 11.5 Å². The smallest absolute Gasteiger partial charge is 0.368 e. The molecule has 0 aliphatic heterocycles. The average molecular weight is 273 g/mol. The Morgan fingerprint density at radius 1 is 0.947 bits per heavy atom. The summed E-state index contributed by atoms with van der Waals surface area (Å²) in [5.41, 5.74) is 8.70. The maximum atomic E-state index is 13.8. The minimum atomic E-state index is -4.82. The number of nitrogens with two attached hydrogens (primary N) is 2. The van der Waals surface area contributed by atoms with Crippen LogP contribution in [0.1, 0.15) is 5.56 Å². The van der Waals surface area contributed by atoms with Crippen molar-refractivity contribution < 1.29 is 17.6 Å². The molecule has 0 bridgehead atoms. The standard InChI is InChI=1S/C10H7F4N5/c11-6-4(2-1-3-5(6)10(12,13)14)7-17-8(15)19-9(16)18-7/h1-3H,(H4,15,16,17,18,19). The van der Waals surface area contributed by atoms with Gasteiger partial charge in [-0.15, -0.1) is 0 Å². The van der Waals surface area contributed by atoms with Gasteiger partial charge >= 0.3 is 6.18 Å². The predicted molar refractivity (Wildman–Crippen MR) is 59.0 cm³/mol. The third-order valence-electron chi connectivity index (χ3n) is 2.22. The fourth-order valence-electron chi connectivity index (χ4n) is 1.45. The molecule has 0 spiro atoms. The fraction of sp³-hybridized carbons (Fsp3) is 0.100. The molecule has 2 aromatic rings. The molecule has 19 heavy (non-hydrogen) atoms. The van der Waals surface area contributed by atoms with E-state index in [9.17, 15) is 17.6 Å². The second-order valence-corrected chi connectivity index (χ2v) is 3.54. The Morgan fingerprint density at radius 3 is 2.05 bits per heavy atom. The summed E-state index contributed by atoms with van der Waals surface area (Å²) in [5, 5.41) is 0. The molecule has 1 aromatic carbocycles. The fourth-order valence-corrected chi connectivity index (χ4v) is 1.45. The van der Waals surface area contributed by atoms with Gasteiger partial charge in [-0.3, -0.25) is 0 Å². The minimum absolute atomic E-state index is 0.306. The number of aromatic nitrogens is 3. The van der Waals surface area contributed by atoms with Crippen molar-refractivity contribution in [2.24, 2.45) is 0 Å². The molecule has 4 N–H and O–H groups in total. The van der Waals surface area contributed by atoms with Crippen molar-refractivity contribution in [1.82, 2.24) is 15.0 Å². The van der Waals surface area contributed by atoms with Gasteiger partial charge < -0.3 is 11.5 Å². The van der Waals surface area contributed by atoms with E-state index in [1.54, 1.807) is 0 Å². The van der Waals surface area contributed by atoms with Gasteiger partial charge in [0.25, 0.3) is 0 Å². The van der Waals surface area contributed by atoms with E-state index >= 15 is 0 Å². The van der Waals surface area contributed by atoms with Crippen LogP contribution in [0.5, 0.6) is 0 Å². The molecule has 1 heterocycles. The Kier molecular flexibility index (Phi) is 2.97. The highest BCUT2D eigenvalue weighted by molar-refractivity contribution is 5.59. The number of benzene rings is 1. The summed E-state index contributed by atoms with van der Waals surface area (Å²) in [4.78, 5) is 10.6. The molecule has 0 saturated carbocycles. The number of anilines is 2. The zero-order valence-electron chi connectivity index (χ0n) is 9.24. The first-order chi connectivity index (χ1) is 8.79. The highest BCUT2D eigenvalue weighted by Crippen LogP contribution is 2.34. The van der Waals surface area contributed by atoms with Crippen LogP contribution in [0.3, 0.4) is 0 Å². The number of nitrogen functional groups attached to an aromatic ring is 2. The van der Waals surface area contributed by atoms with Crippen LogP contribution in [0.2, 0.25) is 0 Å². The lowest BCUT2D eigenvalue weighted by molar-refractivity contribution is -0.139. The van der Waals surface area contributed by atoms with Crippen molar-refractivity contribution >= 4 is 11.9 Å². The van der Waals surface area contributed by atoms with E-state index < -0.39 is 23.1 Å². The molecule has 5 nitrogen and oxygen atoms in total. The van der Waals surface area contributed by atoms with Crippen molar-refractivity contribution in [3.05, 3.63) is 29.6 Å². The number of hydrogen-bond acceptors (Lipinski definition) is 5. The third-order valence-corrected chi connectivity index (χ3v) is 2.22. The van der Waals surface area contributed by atoms with Crippen molar-refractivity contribution in [3.8, 4) is 11.4 Å². The van der Waals surface area contributed by atoms with E-state index in [1.165, 1.54) is 0 Å². The van der Waals surface area contributed by atoms with Gasteiger partial charge in [-0.1, -0.05) is 6.07 Å². The summed E-state index contributed by atoms with van der Waals surface area (Å²) >= 11 is 0. The number of hydrogen-bond donors (Lipinski definition) is 2. The molecular formula is C10H7F4N5. The molecule has 2 rings (SSSR count). The molecule has 9 heteroatoms. The minimum Gasteiger partial charge on any atom is -0.368 e. The lowest BCUT2D eigenvalue weighted by Gasteiger charge is -2.10. The Morgan fingerprint density at radius 2 is 1.53 bits per heavy atom. The molecule has 1 aromatic heterocycles. The Hall–Kier alpha value is -2.45. The van der Waals surface area contributed by atoms with Crippen molar-refractivity contribution in [3.63, 3.8) is 0 Å². The summed E-state index contributed by atoms with van der Waals surface area (Å²) in [6, 6.07) is 2.75. The first-order valence-electron chi connectivity index (χ1n) is 4.92. The number of alkyl halides is 3. The van der Waals surface area contributed by atoms with E-state index in [0.29, 0.717) is 6.07 Å². The quantitative estimate of drug-likeness (QED) is 0.774. The number of halogens is 4. The monoisotopic (exact) mass is 273 g/mol. The van der Waals surface area contributed by atoms with Crippen LogP contribution in [0.15, 0.2) is 18.2 Å². The van der Waals surface area contributed by atoms with Crippen LogP contribution in [-0.2, 0) is 6.18 Å². The lowest BCUT2D eigenvalue weighted by Crippen LogP contribution is -2.10. The Labute approximate surface area is 104 Å². The third kappa shape index (κ3) is 2.54. The van der Waals surface area contributed by atoms with Gasteiger partial charge in [0.15, 0.2) is 5.82 Å². The van der Waals surface area contributed by atoms with Gasteiger partial charge in [-0.05, 0) is 12.1 Å². The van der Waals surface area contributed by atoms with Gasteiger partial charge in [-0.2, -0.15) is 28.1 Å². The van der Waals surface area contributed by atoms with Crippen LogP contribution in [0.25, 0.3) is 11.4 Å². The summed E-state index contributed by atoms with van der Waals surface area (Å²) in [6.45, 7) is 0. The lowest BCUT2D eigenvalue weighted by atomic mass is 10.1. The topological polar surface area (TPSA) is 90.7 Å². The summed E-state index contributed by atoms with van der Waals surface area (Å²) < 4.78 is 51.5. The van der Waals surface area contributed by atoms with Crippen LogP contribution in [0, 0.1) is 5.82 Å². The molecule has 0 unspecified atom stereocenters. The Balaban J connectivity index is 2.63. The largest absolute Gasteiger partial charge is 0.419 e. The van der Waals surface area contributed by atoms with Gasteiger partial charge in [-0.25, -0.2) is 4.39 Å². The molecule has 0 radical (unpaired) electrons. The maximum absolute atomic E-state index is 13.8. The van der Waals surface area contributed by atoms with E-state index in [4.69, 9.17) is 11.5 Å². The normalized spacial score (nSPS) is 11.6. The van der Waals surface area contributed by atoms with Gasteiger partial charge in [0.05, 0.1) is 11.1 Å². The molecule has 0 aliphatic rings. The summed E-state index contributed by atoms with van der Waals surface area (Å²) in [5.74, 6) is -2.45. The summed E-state index contributed by atoms with van der Waals surface area (Å²) in [6.07, 6.45) is -4.82. The summed E-state index contributed by atoms with van der Waals surface area (Å²) in [7, 11) is 0. The SMILES string of the molecule is Nc1nc(N)nc(-c2cccc(C(F)(F)F)c2F)n1. The molecule has 0 saturated heterocycles. The van der Waals surface area contributed by atoms with Crippen molar-refractivity contribution in [1.29, 1.82) is 0 Å². The van der Waals surface area contributed by atoms with Crippen LogP contribution < -0.4 is 11.5 Å². The van der Waals surface area contributed by atoms with Crippen LogP contribution >= 0.6 is 0 Å². The molecule has 0 amide bonds. The maximum Gasteiger partial charge on any atom is 0.419 e. The second kappa shape index (κ2) is 4.34. The molecule has 0 aliphatic carbocycles. The molecule has 0 fully saturated rings. The molecule has 100 valence electrons. The first kappa shape index (κ1) is 13.0. The van der Waals surface area contributed by atoms with E-state index in [0.717, 1.165) is 12.1 Å². The predicted octanol–water partition coefficient (Wildman–Crippen LogP) is 1.86. The van der Waals surface area contributed by atoms with Gasteiger partial charge in [0.2, 0.25) is 11.9 Å². The highest BCUT2D eigenvalue weighted by Gasteiger charge is 2.35. The van der Waals surface area contributed by atoms with Gasteiger partial charge in [0, 0.05) is 0 Å².